The molecule has 2 saturated carbocycles. The van der Waals surface area contributed by atoms with E-state index in [1.165, 1.54) is 32.1 Å². The normalized spacial score (nSPS) is 33.8. The van der Waals surface area contributed by atoms with Crippen LogP contribution in [0, 0.1) is 17.8 Å². The first-order valence-corrected chi connectivity index (χ1v) is 6.67. The molecule has 0 saturated heterocycles. The molecule has 0 aromatic rings. The lowest BCUT2D eigenvalue weighted by molar-refractivity contribution is -0.156. The largest absolute Gasteiger partial charge is 0.460 e. The number of carbonyl (C=O) groups is 1. The molecular weight excluding hydrogens is 200 g/mol. The van der Waals surface area contributed by atoms with Gasteiger partial charge in [-0.05, 0) is 57.8 Å². The summed E-state index contributed by atoms with van der Waals surface area (Å²) in [6, 6.07) is 0. The van der Waals surface area contributed by atoms with E-state index in [1.54, 1.807) is 0 Å². The van der Waals surface area contributed by atoms with Gasteiger partial charge < -0.3 is 4.74 Å². The van der Waals surface area contributed by atoms with Crippen molar-refractivity contribution in [2.24, 2.45) is 17.8 Å². The standard InChI is InChI=1S/C14H24O2/c1-14(2,3)16-13(15)9-11-8-7-10-5-4-6-12(10)11/h10-12H,4-9H2,1-3H3. The average molecular weight is 224 g/mol. The quantitative estimate of drug-likeness (QED) is 0.671. The van der Waals surface area contributed by atoms with Crippen molar-refractivity contribution in [1.82, 2.24) is 0 Å². The summed E-state index contributed by atoms with van der Waals surface area (Å²) in [5.74, 6) is 2.37. The van der Waals surface area contributed by atoms with E-state index in [0.29, 0.717) is 12.3 Å². The van der Waals surface area contributed by atoms with Gasteiger partial charge in [0.05, 0.1) is 0 Å². The molecule has 92 valence electrons. The van der Waals surface area contributed by atoms with E-state index in [-0.39, 0.29) is 11.6 Å². The molecule has 3 unspecified atom stereocenters. The number of ether oxygens (including phenoxy) is 1. The van der Waals surface area contributed by atoms with Crippen LogP contribution in [0.4, 0.5) is 0 Å². The van der Waals surface area contributed by atoms with Crippen LogP contribution in [0.15, 0.2) is 0 Å². The molecule has 0 aromatic heterocycles. The van der Waals surface area contributed by atoms with Gasteiger partial charge in [0.2, 0.25) is 0 Å². The molecule has 0 aromatic carbocycles. The van der Waals surface area contributed by atoms with Crippen LogP contribution in [-0.4, -0.2) is 11.6 Å². The van der Waals surface area contributed by atoms with Crippen molar-refractivity contribution in [2.75, 3.05) is 0 Å². The topological polar surface area (TPSA) is 26.3 Å². The van der Waals surface area contributed by atoms with Crippen molar-refractivity contribution in [2.45, 2.75) is 64.9 Å². The molecule has 0 amide bonds. The lowest BCUT2D eigenvalue weighted by atomic mass is 9.90. The lowest BCUT2D eigenvalue weighted by Gasteiger charge is -2.22. The fraction of sp³-hybridized carbons (Fsp3) is 0.929. The Morgan fingerprint density at radius 2 is 1.94 bits per heavy atom. The van der Waals surface area contributed by atoms with Gasteiger partial charge in [-0.2, -0.15) is 0 Å². The minimum Gasteiger partial charge on any atom is -0.460 e. The zero-order valence-electron chi connectivity index (χ0n) is 10.8. The Kier molecular flexibility index (Phi) is 3.27. The van der Waals surface area contributed by atoms with Crippen LogP contribution in [0.3, 0.4) is 0 Å². The third-order valence-electron chi connectivity index (χ3n) is 4.08. The maximum absolute atomic E-state index is 11.8. The maximum Gasteiger partial charge on any atom is 0.306 e. The maximum atomic E-state index is 11.8. The highest BCUT2D eigenvalue weighted by Crippen LogP contribution is 2.48. The molecule has 0 aliphatic heterocycles. The summed E-state index contributed by atoms with van der Waals surface area (Å²) >= 11 is 0. The lowest BCUT2D eigenvalue weighted by Crippen LogP contribution is -2.26. The van der Waals surface area contributed by atoms with Crippen LogP contribution >= 0.6 is 0 Å². The van der Waals surface area contributed by atoms with Crippen molar-refractivity contribution in [3.8, 4) is 0 Å². The van der Waals surface area contributed by atoms with Gasteiger partial charge in [0, 0.05) is 6.42 Å². The number of fused-ring (bicyclic) bond motifs is 1. The second-order valence-corrected chi connectivity index (χ2v) is 6.48. The summed E-state index contributed by atoms with van der Waals surface area (Å²) in [7, 11) is 0. The molecule has 2 aliphatic rings. The molecule has 16 heavy (non-hydrogen) atoms. The van der Waals surface area contributed by atoms with Gasteiger partial charge in [0.1, 0.15) is 5.60 Å². The summed E-state index contributed by atoms with van der Waals surface area (Å²) in [6.45, 7) is 5.83. The Labute approximate surface area is 98.7 Å². The Morgan fingerprint density at radius 3 is 2.62 bits per heavy atom. The highest BCUT2D eigenvalue weighted by atomic mass is 16.6. The van der Waals surface area contributed by atoms with Gasteiger partial charge in [0.25, 0.3) is 0 Å². The molecule has 0 N–H and O–H groups in total. The van der Waals surface area contributed by atoms with Crippen LogP contribution in [0.2, 0.25) is 0 Å². The van der Waals surface area contributed by atoms with Gasteiger partial charge >= 0.3 is 5.97 Å². The average Bonchev–Trinajstić information content (AvgIpc) is 2.66. The first-order chi connectivity index (χ1) is 7.46. The predicted molar refractivity (Wildman–Crippen MR) is 64.0 cm³/mol. The summed E-state index contributed by atoms with van der Waals surface area (Å²) in [5, 5.41) is 0. The van der Waals surface area contributed by atoms with Crippen LogP contribution in [-0.2, 0) is 9.53 Å². The van der Waals surface area contributed by atoms with E-state index in [0.717, 1.165) is 11.8 Å². The highest BCUT2D eigenvalue weighted by molar-refractivity contribution is 5.70. The monoisotopic (exact) mass is 224 g/mol. The van der Waals surface area contributed by atoms with Crippen LogP contribution < -0.4 is 0 Å². The molecule has 2 nitrogen and oxygen atoms in total. The van der Waals surface area contributed by atoms with Gasteiger partial charge in [-0.1, -0.05) is 12.8 Å². The third kappa shape index (κ3) is 2.78. The third-order valence-corrected chi connectivity index (χ3v) is 4.08. The molecule has 2 fully saturated rings. The minimum atomic E-state index is -0.329. The predicted octanol–water partition coefficient (Wildman–Crippen LogP) is 3.54. The zero-order chi connectivity index (χ0) is 11.8. The SMILES string of the molecule is CC(C)(C)OC(=O)CC1CCC2CCCC21. The summed E-state index contributed by atoms with van der Waals surface area (Å²) in [4.78, 5) is 11.8. The van der Waals surface area contributed by atoms with Crippen LogP contribution in [0.1, 0.15) is 59.3 Å². The summed E-state index contributed by atoms with van der Waals surface area (Å²) in [5.41, 5.74) is -0.329. The van der Waals surface area contributed by atoms with Crippen molar-refractivity contribution < 1.29 is 9.53 Å². The summed E-state index contributed by atoms with van der Waals surface area (Å²) in [6.07, 6.45) is 7.36. The zero-order valence-corrected chi connectivity index (χ0v) is 10.8. The Morgan fingerprint density at radius 1 is 1.19 bits per heavy atom. The fourth-order valence-corrected chi connectivity index (χ4v) is 3.54. The van der Waals surface area contributed by atoms with Crippen molar-refractivity contribution in [3.05, 3.63) is 0 Å². The van der Waals surface area contributed by atoms with Gasteiger partial charge in [-0.15, -0.1) is 0 Å². The number of hydrogen-bond donors (Lipinski definition) is 0. The number of hydrogen-bond acceptors (Lipinski definition) is 2. The second-order valence-electron chi connectivity index (χ2n) is 6.48. The minimum absolute atomic E-state index is 0.00468. The van der Waals surface area contributed by atoms with Crippen molar-refractivity contribution in [1.29, 1.82) is 0 Å². The Bertz CT molecular complexity index is 264. The molecule has 2 heteroatoms. The van der Waals surface area contributed by atoms with E-state index in [9.17, 15) is 4.79 Å². The molecule has 0 radical (unpaired) electrons. The van der Waals surface area contributed by atoms with E-state index in [1.807, 2.05) is 20.8 Å². The van der Waals surface area contributed by atoms with E-state index < -0.39 is 0 Å². The number of esters is 1. The van der Waals surface area contributed by atoms with Crippen LogP contribution in [0.25, 0.3) is 0 Å². The first kappa shape index (κ1) is 11.9. The van der Waals surface area contributed by atoms with E-state index in [2.05, 4.69) is 0 Å². The molecule has 0 spiro atoms. The molecule has 3 atom stereocenters. The smallest absolute Gasteiger partial charge is 0.306 e. The Hall–Kier alpha value is -0.530. The Balaban J connectivity index is 1.83. The van der Waals surface area contributed by atoms with E-state index in [4.69, 9.17) is 4.74 Å². The fourth-order valence-electron chi connectivity index (χ4n) is 3.54. The van der Waals surface area contributed by atoms with Gasteiger partial charge in [-0.3, -0.25) is 4.79 Å². The molecule has 2 rings (SSSR count). The second kappa shape index (κ2) is 4.38. The molecule has 0 heterocycles. The van der Waals surface area contributed by atoms with Crippen molar-refractivity contribution >= 4 is 5.97 Å². The summed E-state index contributed by atoms with van der Waals surface area (Å²) < 4.78 is 5.41. The molecule has 0 bridgehead atoms. The van der Waals surface area contributed by atoms with Gasteiger partial charge in [0.15, 0.2) is 0 Å². The van der Waals surface area contributed by atoms with Crippen molar-refractivity contribution in [3.63, 3.8) is 0 Å². The highest BCUT2D eigenvalue weighted by Gasteiger charge is 2.40. The van der Waals surface area contributed by atoms with Crippen LogP contribution in [0.5, 0.6) is 0 Å². The number of carbonyl (C=O) groups excluding carboxylic acids is 1. The number of rotatable bonds is 2. The van der Waals surface area contributed by atoms with E-state index >= 15 is 0 Å². The molecule has 2 aliphatic carbocycles. The van der Waals surface area contributed by atoms with Gasteiger partial charge in [-0.25, -0.2) is 0 Å². The molecular formula is C14H24O2. The first-order valence-electron chi connectivity index (χ1n) is 6.67.